The van der Waals surface area contributed by atoms with Gasteiger partial charge in [-0.1, -0.05) is 12.1 Å². The summed E-state index contributed by atoms with van der Waals surface area (Å²) in [6.45, 7) is 1.76. The Morgan fingerprint density at radius 2 is 2.05 bits per heavy atom. The van der Waals surface area contributed by atoms with Gasteiger partial charge in [0.15, 0.2) is 0 Å². The Bertz CT molecular complexity index is 551. The van der Waals surface area contributed by atoms with Gasteiger partial charge in [0.05, 0.1) is 11.6 Å². The average Bonchev–Trinajstić information content (AvgIpc) is 2.44. The lowest BCUT2D eigenvalue weighted by Gasteiger charge is -2.27. The highest BCUT2D eigenvalue weighted by Crippen LogP contribution is 2.09. The highest BCUT2D eigenvalue weighted by Gasteiger charge is 2.24. The van der Waals surface area contributed by atoms with Crippen LogP contribution < -0.4 is 0 Å². The van der Waals surface area contributed by atoms with Gasteiger partial charge in [0.1, 0.15) is 6.04 Å². The molecule has 6 heteroatoms. The highest BCUT2D eigenvalue weighted by molar-refractivity contribution is 5.82. The molecule has 20 heavy (non-hydrogen) atoms. The van der Waals surface area contributed by atoms with Crippen LogP contribution in [0.5, 0.6) is 0 Å². The number of urea groups is 1. The van der Waals surface area contributed by atoms with Crippen molar-refractivity contribution in [2.75, 3.05) is 14.1 Å². The predicted molar refractivity (Wildman–Crippen MR) is 72.9 cm³/mol. The number of carboxylic acid groups (broad SMARTS) is 1. The number of aliphatic carboxylic acids is 1. The molecule has 1 N–H and O–H groups in total. The number of amides is 2. The summed E-state index contributed by atoms with van der Waals surface area (Å²) in [6, 6.07) is 7.69. The maximum Gasteiger partial charge on any atom is 0.326 e. The molecule has 1 rings (SSSR count). The van der Waals surface area contributed by atoms with Crippen LogP contribution >= 0.6 is 0 Å². The van der Waals surface area contributed by atoms with Gasteiger partial charge in [-0.3, -0.25) is 0 Å². The number of carboxylic acids is 1. The van der Waals surface area contributed by atoms with E-state index in [1.54, 1.807) is 25.2 Å². The fourth-order valence-corrected chi connectivity index (χ4v) is 1.68. The fourth-order valence-electron chi connectivity index (χ4n) is 1.68. The number of hydrogen-bond acceptors (Lipinski definition) is 3. The molecule has 0 aliphatic heterocycles. The quantitative estimate of drug-likeness (QED) is 0.902. The third-order valence-electron chi connectivity index (χ3n) is 3.04. The van der Waals surface area contributed by atoms with Gasteiger partial charge in [-0.15, -0.1) is 0 Å². The van der Waals surface area contributed by atoms with Crippen molar-refractivity contribution in [3.63, 3.8) is 0 Å². The van der Waals surface area contributed by atoms with E-state index in [2.05, 4.69) is 0 Å². The Hall–Kier alpha value is -2.55. The largest absolute Gasteiger partial charge is 0.480 e. The van der Waals surface area contributed by atoms with Gasteiger partial charge in [-0.25, -0.2) is 9.59 Å². The SMILES string of the molecule is CC(C(=O)O)N(C)C(=O)N(C)Cc1cccc(C#N)c1. The molecule has 0 saturated heterocycles. The number of nitrogens with zero attached hydrogens (tertiary/aromatic N) is 3. The zero-order valence-electron chi connectivity index (χ0n) is 11.7. The smallest absolute Gasteiger partial charge is 0.326 e. The third kappa shape index (κ3) is 3.72. The van der Waals surface area contributed by atoms with E-state index in [1.807, 2.05) is 12.1 Å². The summed E-state index contributed by atoms with van der Waals surface area (Å²) >= 11 is 0. The molecule has 0 fully saturated rings. The molecular weight excluding hydrogens is 258 g/mol. The molecule has 2 amide bonds. The molecular formula is C14H17N3O3. The number of likely N-dealkylation sites (N-methyl/N-ethyl adjacent to an activating group) is 1. The monoisotopic (exact) mass is 275 g/mol. The Labute approximate surface area is 117 Å². The van der Waals surface area contributed by atoms with Gasteiger partial charge in [-0.2, -0.15) is 5.26 Å². The van der Waals surface area contributed by atoms with Crippen molar-refractivity contribution in [3.05, 3.63) is 35.4 Å². The van der Waals surface area contributed by atoms with Crippen LogP contribution in [-0.2, 0) is 11.3 Å². The minimum absolute atomic E-state index is 0.311. The summed E-state index contributed by atoms with van der Waals surface area (Å²) in [5.41, 5.74) is 1.34. The molecule has 0 aliphatic carbocycles. The van der Waals surface area contributed by atoms with Crippen LogP contribution in [0, 0.1) is 11.3 Å². The summed E-state index contributed by atoms with van der Waals surface area (Å²) in [5, 5.41) is 17.7. The van der Waals surface area contributed by atoms with Crippen molar-refractivity contribution in [1.29, 1.82) is 5.26 Å². The predicted octanol–water partition coefficient (Wildman–Crippen LogP) is 1.51. The van der Waals surface area contributed by atoms with Crippen LogP contribution in [0.4, 0.5) is 4.79 Å². The molecule has 0 aromatic heterocycles. The number of hydrogen-bond donors (Lipinski definition) is 1. The van der Waals surface area contributed by atoms with Crippen LogP contribution in [0.25, 0.3) is 0 Å². The van der Waals surface area contributed by atoms with Gasteiger partial charge in [0, 0.05) is 20.6 Å². The van der Waals surface area contributed by atoms with E-state index in [-0.39, 0.29) is 6.03 Å². The summed E-state index contributed by atoms with van der Waals surface area (Å²) in [5.74, 6) is -1.05. The Kier molecular flexibility index (Phi) is 5.09. The molecule has 6 nitrogen and oxygen atoms in total. The van der Waals surface area contributed by atoms with Crippen LogP contribution in [0.2, 0.25) is 0 Å². The minimum atomic E-state index is -1.05. The standard InChI is InChI=1S/C14H17N3O3/c1-10(13(18)19)17(3)14(20)16(2)9-12-6-4-5-11(7-12)8-15/h4-7,10H,9H2,1-3H3,(H,18,19). The van der Waals surface area contributed by atoms with Crippen molar-refractivity contribution in [3.8, 4) is 6.07 Å². The molecule has 0 radical (unpaired) electrons. The summed E-state index contributed by atoms with van der Waals surface area (Å²) < 4.78 is 0. The first-order valence-corrected chi connectivity index (χ1v) is 6.06. The number of carbonyl (C=O) groups excluding carboxylic acids is 1. The second-order valence-corrected chi connectivity index (χ2v) is 4.58. The van der Waals surface area contributed by atoms with Gasteiger partial charge < -0.3 is 14.9 Å². The second-order valence-electron chi connectivity index (χ2n) is 4.58. The third-order valence-corrected chi connectivity index (χ3v) is 3.04. The molecule has 1 aromatic carbocycles. The first-order chi connectivity index (χ1) is 9.36. The van der Waals surface area contributed by atoms with Gasteiger partial charge in [0.2, 0.25) is 0 Å². The molecule has 1 atom stereocenters. The van der Waals surface area contributed by atoms with E-state index in [0.717, 1.165) is 10.5 Å². The number of rotatable bonds is 4. The first-order valence-electron chi connectivity index (χ1n) is 6.06. The van der Waals surface area contributed by atoms with E-state index < -0.39 is 12.0 Å². The average molecular weight is 275 g/mol. The maximum atomic E-state index is 12.1. The fraction of sp³-hybridized carbons (Fsp3) is 0.357. The number of nitriles is 1. The molecule has 106 valence electrons. The number of benzene rings is 1. The molecule has 1 aromatic rings. The van der Waals surface area contributed by atoms with Crippen molar-refractivity contribution in [2.45, 2.75) is 19.5 Å². The molecule has 0 heterocycles. The van der Waals surface area contributed by atoms with E-state index in [0.29, 0.717) is 12.1 Å². The second kappa shape index (κ2) is 6.57. The lowest BCUT2D eigenvalue weighted by molar-refractivity contribution is -0.141. The van der Waals surface area contributed by atoms with Crippen molar-refractivity contribution >= 4 is 12.0 Å². The summed E-state index contributed by atoms with van der Waals surface area (Å²) in [7, 11) is 3.04. The van der Waals surface area contributed by atoms with E-state index in [4.69, 9.17) is 10.4 Å². The van der Waals surface area contributed by atoms with Gasteiger partial charge in [-0.05, 0) is 24.6 Å². The zero-order valence-corrected chi connectivity index (χ0v) is 11.7. The Morgan fingerprint density at radius 3 is 2.60 bits per heavy atom. The van der Waals surface area contributed by atoms with Gasteiger partial charge in [0.25, 0.3) is 0 Å². The number of carbonyl (C=O) groups is 2. The molecule has 0 saturated carbocycles. The Balaban J connectivity index is 2.75. The summed E-state index contributed by atoms with van der Waals surface area (Å²) in [6.07, 6.45) is 0. The maximum absolute atomic E-state index is 12.1. The molecule has 1 unspecified atom stereocenters. The Morgan fingerprint density at radius 1 is 1.40 bits per heavy atom. The first kappa shape index (κ1) is 15.5. The van der Waals surface area contributed by atoms with Crippen LogP contribution in [0.3, 0.4) is 0 Å². The van der Waals surface area contributed by atoms with Crippen LogP contribution in [-0.4, -0.2) is 47.0 Å². The van der Waals surface area contributed by atoms with Crippen molar-refractivity contribution in [2.24, 2.45) is 0 Å². The molecule has 0 bridgehead atoms. The normalized spacial score (nSPS) is 11.3. The van der Waals surface area contributed by atoms with Crippen molar-refractivity contribution < 1.29 is 14.7 Å². The summed E-state index contributed by atoms with van der Waals surface area (Å²) in [4.78, 5) is 25.5. The van der Waals surface area contributed by atoms with Gasteiger partial charge >= 0.3 is 12.0 Å². The zero-order chi connectivity index (χ0) is 15.3. The topological polar surface area (TPSA) is 84.6 Å². The van der Waals surface area contributed by atoms with E-state index in [1.165, 1.54) is 18.9 Å². The molecule has 0 aliphatic rings. The lowest BCUT2D eigenvalue weighted by atomic mass is 10.1. The van der Waals surface area contributed by atoms with E-state index >= 15 is 0 Å². The van der Waals surface area contributed by atoms with Crippen LogP contribution in [0.15, 0.2) is 24.3 Å². The highest BCUT2D eigenvalue weighted by atomic mass is 16.4. The van der Waals surface area contributed by atoms with Crippen molar-refractivity contribution in [1.82, 2.24) is 9.80 Å². The molecule has 0 spiro atoms. The minimum Gasteiger partial charge on any atom is -0.480 e. The van der Waals surface area contributed by atoms with E-state index in [9.17, 15) is 9.59 Å². The van der Waals surface area contributed by atoms with Crippen LogP contribution in [0.1, 0.15) is 18.1 Å². The lowest BCUT2D eigenvalue weighted by Crippen LogP contribution is -2.46.